The van der Waals surface area contributed by atoms with E-state index >= 15 is 0 Å². The van der Waals surface area contributed by atoms with Gasteiger partial charge in [-0.2, -0.15) is 0 Å². The molecule has 1 saturated heterocycles. The summed E-state index contributed by atoms with van der Waals surface area (Å²) in [6.45, 7) is 7.53. The molecule has 0 saturated carbocycles. The molecule has 2 aromatic heterocycles. The van der Waals surface area contributed by atoms with Gasteiger partial charge in [0.05, 0.1) is 18.5 Å². The highest BCUT2D eigenvalue weighted by molar-refractivity contribution is 5.34. The molecule has 0 amide bonds. The lowest BCUT2D eigenvalue weighted by Gasteiger charge is -2.41. The van der Waals surface area contributed by atoms with Crippen LogP contribution in [-0.2, 0) is 13.1 Å². The third-order valence-corrected chi connectivity index (χ3v) is 5.94. The van der Waals surface area contributed by atoms with Crippen molar-refractivity contribution < 1.29 is 9.84 Å². The number of nitrogens with zero attached hydrogens (tertiary/aromatic N) is 4. The van der Waals surface area contributed by atoms with Crippen molar-refractivity contribution in [3.63, 3.8) is 0 Å². The number of aliphatic hydroxyl groups excluding tert-OH is 1. The first-order valence-corrected chi connectivity index (χ1v) is 11.1. The van der Waals surface area contributed by atoms with Gasteiger partial charge in [0.15, 0.2) is 0 Å². The molecule has 1 unspecified atom stereocenters. The fourth-order valence-corrected chi connectivity index (χ4v) is 4.40. The standard InChI is InChI=1S/C25H32N4O2/c1-2-31-25-10-4-3-7-21(25)18-28-15-14-27(19-23(28)11-16-30)20-24-9-6-13-29(24)22-8-5-12-26-17-22/h3-10,12-13,17,23,30H,2,11,14-16,18-20H2,1H3. The highest BCUT2D eigenvalue weighted by Gasteiger charge is 2.27. The molecule has 164 valence electrons. The molecule has 3 heterocycles. The van der Waals surface area contributed by atoms with Crippen LogP contribution in [0.4, 0.5) is 0 Å². The molecule has 0 radical (unpaired) electrons. The number of para-hydroxylation sites is 1. The third-order valence-electron chi connectivity index (χ3n) is 5.94. The number of aliphatic hydroxyl groups is 1. The van der Waals surface area contributed by atoms with E-state index in [2.05, 4.69) is 55.9 Å². The minimum atomic E-state index is 0.203. The Morgan fingerprint density at radius 2 is 1.97 bits per heavy atom. The largest absolute Gasteiger partial charge is 0.494 e. The van der Waals surface area contributed by atoms with E-state index in [4.69, 9.17) is 4.74 Å². The Labute approximate surface area is 184 Å². The first-order chi connectivity index (χ1) is 15.3. The normalized spacial score (nSPS) is 17.7. The number of aromatic nitrogens is 2. The number of hydrogen-bond donors (Lipinski definition) is 1. The van der Waals surface area contributed by atoms with E-state index in [1.165, 1.54) is 11.3 Å². The monoisotopic (exact) mass is 420 g/mol. The molecule has 1 atom stereocenters. The summed E-state index contributed by atoms with van der Waals surface area (Å²) in [5.74, 6) is 0.962. The van der Waals surface area contributed by atoms with Gasteiger partial charge in [-0.15, -0.1) is 0 Å². The second kappa shape index (κ2) is 10.6. The van der Waals surface area contributed by atoms with Crippen molar-refractivity contribution in [2.24, 2.45) is 0 Å². The molecule has 1 aliphatic heterocycles. The van der Waals surface area contributed by atoms with Crippen LogP contribution < -0.4 is 4.74 Å². The zero-order valence-corrected chi connectivity index (χ0v) is 18.2. The predicted molar refractivity (Wildman–Crippen MR) is 122 cm³/mol. The third kappa shape index (κ3) is 5.34. The highest BCUT2D eigenvalue weighted by Crippen LogP contribution is 2.24. The molecule has 6 nitrogen and oxygen atoms in total. The minimum absolute atomic E-state index is 0.203. The Morgan fingerprint density at radius 3 is 2.77 bits per heavy atom. The molecule has 1 aromatic carbocycles. The van der Waals surface area contributed by atoms with Crippen LogP contribution in [0.5, 0.6) is 5.75 Å². The molecule has 1 N–H and O–H groups in total. The average molecular weight is 421 g/mol. The Balaban J connectivity index is 1.44. The maximum Gasteiger partial charge on any atom is 0.123 e. The van der Waals surface area contributed by atoms with Crippen molar-refractivity contribution in [3.05, 3.63) is 78.4 Å². The van der Waals surface area contributed by atoms with E-state index in [9.17, 15) is 5.11 Å². The lowest BCUT2D eigenvalue weighted by molar-refractivity contribution is 0.0486. The second-order valence-corrected chi connectivity index (χ2v) is 7.99. The molecular weight excluding hydrogens is 388 g/mol. The van der Waals surface area contributed by atoms with Crippen LogP contribution in [0.3, 0.4) is 0 Å². The van der Waals surface area contributed by atoms with Crippen LogP contribution in [0.2, 0.25) is 0 Å². The average Bonchev–Trinajstić information content (AvgIpc) is 3.26. The molecule has 1 fully saturated rings. The SMILES string of the molecule is CCOc1ccccc1CN1CCN(Cc2cccn2-c2cccnc2)CC1CCO. The number of rotatable bonds is 9. The van der Waals surface area contributed by atoms with Gasteiger partial charge in [0.1, 0.15) is 5.75 Å². The van der Waals surface area contributed by atoms with Crippen LogP contribution in [-0.4, -0.2) is 63.3 Å². The van der Waals surface area contributed by atoms with Gasteiger partial charge < -0.3 is 14.4 Å². The van der Waals surface area contributed by atoms with Crippen molar-refractivity contribution in [3.8, 4) is 11.4 Å². The molecule has 0 spiro atoms. The number of benzene rings is 1. The number of piperazine rings is 1. The van der Waals surface area contributed by atoms with Crippen molar-refractivity contribution >= 4 is 0 Å². The molecule has 0 aliphatic carbocycles. The lowest BCUT2D eigenvalue weighted by Crippen LogP contribution is -2.52. The van der Waals surface area contributed by atoms with Crippen LogP contribution >= 0.6 is 0 Å². The number of pyridine rings is 1. The van der Waals surface area contributed by atoms with Crippen LogP contribution in [0, 0.1) is 0 Å². The summed E-state index contributed by atoms with van der Waals surface area (Å²) in [4.78, 5) is 9.24. The summed E-state index contributed by atoms with van der Waals surface area (Å²) in [6, 6.07) is 16.9. The van der Waals surface area contributed by atoms with Crippen LogP contribution in [0.1, 0.15) is 24.6 Å². The quantitative estimate of drug-likeness (QED) is 0.575. The smallest absolute Gasteiger partial charge is 0.123 e. The lowest BCUT2D eigenvalue weighted by atomic mass is 10.1. The summed E-state index contributed by atoms with van der Waals surface area (Å²) >= 11 is 0. The van der Waals surface area contributed by atoms with Gasteiger partial charge in [0, 0.05) is 69.0 Å². The van der Waals surface area contributed by atoms with E-state index in [1.807, 2.05) is 31.3 Å². The van der Waals surface area contributed by atoms with E-state index < -0.39 is 0 Å². The second-order valence-electron chi connectivity index (χ2n) is 7.99. The maximum atomic E-state index is 9.70. The minimum Gasteiger partial charge on any atom is -0.494 e. The van der Waals surface area contributed by atoms with Gasteiger partial charge in [-0.25, -0.2) is 0 Å². The van der Waals surface area contributed by atoms with E-state index in [1.54, 1.807) is 6.20 Å². The molecule has 6 heteroatoms. The fourth-order valence-electron chi connectivity index (χ4n) is 4.40. The summed E-state index contributed by atoms with van der Waals surface area (Å²) in [7, 11) is 0. The van der Waals surface area contributed by atoms with Crippen molar-refractivity contribution in [1.82, 2.24) is 19.4 Å². The summed E-state index contributed by atoms with van der Waals surface area (Å²) in [5.41, 5.74) is 3.55. The highest BCUT2D eigenvalue weighted by atomic mass is 16.5. The number of hydrogen-bond acceptors (Lipinski definition) is 5. The Bertz CT molecular complexity index is 943. The van der Waals surface area contributed by atoms with Crippen LogP contribution in [0.15, 0.2) is 67.1 Å². The molecule has 31 heavy (non-hydrogen) atoms. The van der Waals surface area contributed by atoms with Gasteiger partial charge in [-0.1, -0.05) is 18.2 Å². The fraction of sp³-hybridized carbons (Fsp3) is 0.400. The Kier molecular flexibility index (Phi) is 7.35. The van der Waals surface area contributed by atoms with Crippen molar-refractivity contribution in [1.29, 1.82) is 0 Å². The zero-order valence-electron chi connectivity index (χ0n) is 18.2. The summed E-state index contributed by atoms with van der Waals surface area (Å²) in [5, 5.41) is 9.70. The molecule has 0 bridgehead atoms. The Hall–Kier alpha value is -2.67. The van der Waals surface area contributed by atoms with E-state index in [0.717, 1.165) is 50.6 Å². The van der Waals surface area contributed by atoms with Crippen molar-refractivity contribution in [2.75, 3.05) is 32.8 Å². The summed E-state index contributed by atoms with van der Waals surface area (Å²) in [6.07, 6.45) is 6.57. The van der Waals surface area contributed by atoms with E-state index in [-0.39, 0.29) is 6.61 Å². The molecule has 4 rings (SSSR count). The summed E-state index contributed by atoms with van der Waals surface area (Å²) < 4.78 is 8.03. The number of ether oxygens (including phenoxy) is 1. The first kappa shape index (κ1) is 21.6. The molecule has 1 aliphatic rings. The van der Waals surface area contributed by atoms with Gasteiger partial charge in [-0.05, 0) is 43.7 Å². The first-order valence-electron chi connectivity index (χ1n) is 11.1. The maximum absolute atomic E-state index is 9.70. The van der Waals surface area contributed by atoms with Gasteiger partial charge in [0.25, 0.3) is 0 Å². The predicted octanol–water partition coefficient (Wildman–Crippen LogP) is 3.34. The van der Waals surface area contributed by atoms with Crippen LogP contribution in [0.25, 0.3) is 5.69 Å². The van der Waals surface area contributed by atoms with Gasteiger partial charge >= 0.3 is 0 Å². The van der Waals surface area contributed by atoms with E-state index in [0.29, 0.717) is 12.6 Å². The zero-order chi connectivity index (χ0) is 21.5. The topological polar surface area (TPSA) is 53.8 Å². The molecular formula is C25H32N4O2. The Morgan fingerprint density at radius 1 is 1.06 bits per heavy atom. The van der Waals surface area contributed by atoms with Gasteiger partial charge in [-0.3, -0.25) is 14.8 Å². The molecule has 3 aromatic rings. The van der Waals surface area contributed by atoms with Gasteiger partial charge in [0.2, 0.25) is 0 Å². The van der Waals surface area contributed by atoms with Crippen molar-refractivity contribution in [2.45, 2.75) is 32.5 Å².